The van der Waals surface area contributed by atoms with Gasteiger partial charge in [0.25, 0.3) is 0 Å². The quantitative estimate of drug-likeness (QED) is 0.293. The monoisotopic (exact) mass is 368 g/mol. The number of carbonyl (C=O) groups is 1. The molecule has 156 valence electrons. The molecule has 3 nitrogen and oxygen atoms in total. The van der Waals surface area contributed by atoms with Gasteiger partial charge in [0.05, 0.1) is 0 Å². The van der Waals surface area contributed by atoms with Crippen LogP contribution in [0.15, 0.2) is 0 Å². The summed E-state index contributed by atoms with van der Waals surface area (Å²) in [5.74, 6) is 0.222. The van der Waals surface area contributed by atoms with E-state index in [0.29, 0.717) is 6.42 Å². The van der Waals surface area contributed by atoms with Crippen molar-refractivity contribution in [3.8, 4) is 0 Å². The zero-order chi connectivity index (χ0) is 19.7. The largest absolute Gasteiger partial charge is 0.356 e. The topological polar surface area (TPSA) is 32.3 Å². The van der Waals surface area contributed by atoms with Gasteiger partial charge in [-0.2, -0.15) is 0 Å². The summed E-state index contributed by atoms with van der Waals surface area (Å²) >= 11 is 0. The number of rotatable bonds is 18. The van der Waals surface area contributed by atoms with Crippen molar-refractivity contribution in [2.45, 2.75) is 111 Å². The summed E-state index contributed by atoms with van der Waals surface area (Å²) in [6.07, 6.45) is 18.2. The number of carbonyl (C=O) groups excluding carboxylic acids is 1. The highest BCUT2D eigenvalue weighted by Crippen LogP contribution is 2.15. The lowest BCUT2D eigenvalue weighted by atomic mass is 9.93. The van der Waals surface area contributed by atoms with Crippen molar-refractivity contribution in [1.82, 2.24) is 10.2 Å². The Morgan fingerprint density at radius 3 is 1.62 bits per heavy atom. The fraction of sp³-hybridized carbons (Fsp3) is 0.957. The standard InChI is InChI=1S/C23H48N2O/c1-6-7-8-9-10-11-12-13-14-15-16-17-18-19-22(26)24-20-23(2,3)21-25(4)5/h6-21H2,1-5H3,(H,24,26). The van der Waals surface area contributed by atoms with Crippen LogP contribution in [-0.2, 0) is 4.79 Å². The van der Waals surface area contributed by atoms with Crippen LogP contribution in [-0.4, -0.2) is 38.0 Å². The minimum Gasteiger partial charge on any atom is -0.356 e. The Morgan fingerprint density at radius 2 is 1.19 bits per heavy atom. The first-order valence-corrected chi connectivity index (χ1v) is 11.3. The number of nitrogens with one attached hydrogen (secondary N) is 1. The smallest absolute Gasteiger partial charge is 0.220 e. The molecule has 0 atom stereocenters. The molecule has 0 unspecified atom stereocenters. The van der Waals surface area contributed by atoms with Crippen LogP contribution in [0.2, 0.25) is 0 Å². The van der Waals surface area contributed by atoms with Gasteiger partial charge in [-0.05, 0) is 25.9 Å². The molecule has 0 aliphatic rings. The van der Waals surface area contributed by atoms with Gasteiger partial charge in [-0.3, -0.25) is 4.79 Å². The third-order valence-corrected chi connectivity index (χ3v) is 5.02. The molecular weight excluding hydrogens is 320 g/mol. The second-order valence-corrected chi connectivity index (χ2v) is 9.17. The molecule has 0 aromatic rings. The van der Waals surface area contributed by atoms with Gasteiger partial charge < -0.3 is 10.2 Å². The third-order valence-electron chi connectivity index (χ3n) is 5.02. The van der Waals surface area contributed by atoms with E-state index >= 15 is 0 Å². The van der Waals surface area contributed by atoms with Gasteiger partial charge in [0.15, 0.2) is 0 Å². The molecule has 26 heavy (non-hydrogen) atoms. The lowest BCUT2D eigenvalue weighted by Gasteiger charge is -2.28. The second-order valence-electron chi connectivity index (χ2n) is 9.17. The lowest BCUT2D eigenvalue weighted by molar-refractivity contribution is -0.121. The van der Waals surface area contributed by atoms with E-state index in [1.54, 1.807) is 0 Å². The molecule has 0 radical (unpaired) electrons. The summed E-state index contributed by atoms with van der Waals surface area (Å²) in [5.41, 5.74) is 0.134. The zero-order valence-electron chi connectivity index (χ0n) is 18.7. The molecule has 0 saturated heterocycles. The van der Waals surface area contributed by atoms with E-state index in [1.165, 1.54) is 77.0 Å². The molecule has 0 aromatic carbocycles. The van der Waals surface area contributed by atoms with Crippen molar-refractivity contribution in [3.63, 3.8) is 0 Å². The maximum atomic E-state index is 12.0. The van der Waals surface area contributed by atoms with Gasteiger partial charge in [0.2, 0.25) is 5.91 Å². The van der Waals surface area contributed by atoms with E-state index in [1.807, 2.05) is 0 Å². The van der Waals surface area contributed by atoms with Crippen molar-refractivity contribution >= 4 is 5.91 Å². The third kappa shape index (κ3) is 18.2. The molecule has 0 rings (SSSR count). The SMILES string of the molecule is CCCCCCCCCCCCCCCC(=O)NCC(C)(C)CN(C)C. The molecular formula is C23H48N2O. The maximum absolute atomic E-state index is 12.0. The van der Waals surface area contributed by atoms with Gasteiger partial charge in [-0.1, -0.05) is 97.8 Å². The van der Waals surface area contributed by atoms with Gasteiger partial charge in [0.1, 0.15) is 0 Å². The summed E-state index contributed by atoms with van der Waals surface area (Å²) in [4.78, 5) is 14.1. The molecule has 0 bridgehead atoms. The predicted octanol–water partition coefficient (Wildman–Crippen LogP) is 6.17. The Balaban J connectivity index is 3.35. The summed E-state index contributed by atoms with van der Waals surface area (Å²) in [6.45, 7) is 8.45. The number of unbranched alkanes of at least 4 members (excludes halogenated alkanes) is 12. The fourth-order valence-corrected chi connectivity index (χ4v) is 3.64. The van der Waals surface area contributed by atoms with E-state index in [9.17, 15) is 4.79 Å². The Bertz CT molecular complexity index is 326. The molecule has 0 aromatic heterocycles. The van der Waals surface area contributed by atoms with Gasteiger partial charge in [-0.15, -0.1) is 0 Å². The number of hydrogen-bond acceptors (Lipinski definition) is 2. The van der Waals surface area contributed by atoms with Crippen LogP contribution in [0.25, 0.3) is 0 Å². The predicted molar refractivity (Wildman–Crippen MR) is 116 cm³/mol. The molecule has 0 fully saturated rings. The highest BCUT2D eigenvalue weighted by Gasteiger charge is 2.19. The van der Waals surface area contributed by atoms with Gasteiger partial charge in [-0.25, -0.2) is 0 Å². The van der Waals surface area contributed by atoms with Crippen LogP contribution in [0.5, 0.6) is 0 Å². The molecule has 0 aliphatic heterocycles. The average molecular weight is 369 g/mol. The van der Waals surface area contributed by atoms with Crippen LogP contribution >= 0.6 is 0 Å². The fourth-order valence-electron chi connectivity index (χ4n) is 3.64. The Morgan fingerprint density at radius 1 is 0.769 bits per heavy atom. The van der Waals surface area contributed by atoms with E-state index in [4.69, 9.17) is 0 Å². The highest BCUT2D eigenvalue weighted by molar-refractivity contribution is 5.75. The van der Waals surface area contributed by atoms with E-state index in [0.717, 1.165) is 19.5 Å². The van der Waals surface area contributed by atoms with Crippen molar-refractivity contribution < 1.29 is 4.79 Å². The highest BCUT2D eigenvalue weighted by atomic mass is 16.1. The van der Waals surface area contributed by atoms with Crippen molar-refractivity contribution in [2.24, 2.45) is 5.41 Å². The molecule has 3 heteroatoms. The molecule has 1 amide bonds. The first-order valence-electron chi connectivity index (χ1n) is 11.3. The lowest BCUT2D eigenvalue weighted by Crippen LogP contribution is -2.39. The Kier molecular flexibility index (Phi) is 16.2. The molecule has 0 aliphatic carbocycles. The second kappa shape index (κ2) is 16.6. The van der Waals surface area contributed by atoms with Gasteiger partial charge in [0, 0.05) is 19.5 Å². The number of nitrogens with zero attached hydrogens (tertiary/aromatic N) is 1. The Hall–Kier alpha value is -0.570. The minimum absolute atomic E-state index is 0.134. The Labute approximate surface area is 164 Å². The number of hydrogen-bond donors (Lipinski definition) is 1. The molecule has 0 saturated carbocycles. The normalized spacial score (nSPS) is 11.9. The summed E-state index contributed by atoms with van der Waals surface area (Å²) < 4.78 is 0. The van der Waals surface area contributed by atoms with Crippen LogP contribution in [0.4, 0.5) is 0 Å². The average Bonchev–Trinajstić information content (AvgIpc) is 2.56. The van der Waals surface area contributed by atoms with Crippen molar-refractivity contribution in [3.05, 3.63) is 0 Å². The zero-order valence-corrected chi connectivity index (χ0v) is 18.7. The first-order chi connectivity index (χ1) is 12.4. The number of amides is 1. The van der Waals surface area contributed by atoms with Crippen LogP contribution in [0.3, 0.4) is 0 Å². The molecule has 0 heterocycles. The van der Waals surface area contributed by atoms with E-state index < -0.39 is 0 Å². The van der Waals surface area contributed by atoms with Gasteiger partial charge >= 0.3 is 0 Å². The summed E-state index contributed by atoms with van der Waals surface area (Å²) in [6, 6.07) is 0. The van der Waals surface area contributed by atoms with Crippen molar-refractivity contribution in [2.75, 3.05) is 27.2 Å². The van der Waals surface area contributed by atoms with E-state index in [-0.39, 0.29) is 11.3 Å². The minimum atomic E-state index is 0.134. The van der Waals surface area contributed by atoms with Crippen LogP contribution in [0.1, 0.15) is 111 Å². The van der Waals surface area contributed by atoms with E-state index in [2.05, 4.69) is 45.1 Å². The summed E-state index contributed by atoms with van der Waals surface area (Å²) in [7, 11) is 4.16. The van der Waals surface area contributed by atoms with Crippen LogP contribution in [0, 0.1) is 5.41 Å². The maximum Gasteiger partial charge on any atom is 0.220 e. The first kappa shape index (κ1) is 25.4. The van der Waals surface area contributed by atoms with Crippen LogP contribution < -0.4 is 5.32 Å². The van der Waals surface area contributed by atoms with Crippen molar-refractivity contribution in [1.29, 1.82) is 0 Å². The molecule has 0 spiro atoms. The summed E-state index contributed by atoms with van der Waals surface area (Å²) in [5, 5.41) is 3.11. The molecule has 1 N–H and O–H groups in total.